The molecule has 10 heteroatoms. The number of hydrogen-bond acceptors (Lipinski definition) is 6. The minimum absolute atomic E-state index is 0.0302. The van der Waals surface area contributed by atoms with E-state index in [2.05, 4.69) is 5.32 Å². The smallest absolute Gasteiger partial charge is 0.326 e. The van der Waals surface area contributed by atoms with E-state index < -0.39 is 42.0 Å². The van der Waals surface area contributed by atoms with E-state index in [1.165, 1.54) is 4.90 Å². The number of nitrogens with two attached hydrogens (primary N) is 1. The lowest BCUT2D eigenvalue weighted by Gasteiger charge is -2.39. The van der Waals surface area contributed by atoms with Crippen molar-refractivity contribution < 1.29 is 29.4 Å². The third-order valence-electron chi connectivity index (χ3n) is 6.69. The molecule has 2 aliphatic heterocycles. The lowest BCUT2D eigenvalue weighted by molar-refractivity contribution is -0.152. The number of likely N-dealkylation sites (tertiary alicyclic amines) is 2. The maximum Gasteiger partial charge on any atom is 0.326 e. The van der Waals surface area contributed by atoms with Crippen LogP contribution in [-0.4, -0.2) is 87.6 Å². The van der Waals surface area contributed by atoms with Crippen LogP contribution in [0.5, 0.6) is 0 Å². The van der Waals surface area contributed by atoms with Crippen molar-refractivity contribution >= 4 is 23.8 Å². The molecule has 2 saturated heterocycles. The van der Waals surface area contributed by atoms with Gasteiger partial charge in [0.2, 0.25) is 11.8 Å². The number of aryl methyl sites for hydroxylation is 1. The molecule has 0 spiro atoms. The number of carbonyl (C=O) groups is 4. The highest BCUT2D eigenvalue weighted by Crippen LogP contribution is 2.36. The molecule has 180 valence electrons. The highest BCUT2D eigenvalue weighted by Gasteiger charge is 2.50. The van der Waals surface area contributed by atoms with E-state index >= 15 is 0 Å². The Morgan fingerprint density at radius 3 is 2.48 bits per heavy atom. The van der Waals surface area contributed by atoms with Crippen LogP contribution in [0.25, 0.3) is 0 Å². The molecule has 1 aromatic carbocycles. The van der Waals surface area contributed by atoms with Crippen LogP contribution >= 0.6 is 0 Å². The molecule has 2 heterocycles. The van der Waals surface area contributed by atoms with E-state index in [-0.39, 0.29) is 31.3 Å². The van der Waals surface area contributed by atoms with E-state index in [0.717, 1.165) is 5.56 Å². The van der Waals surface area contributed by atoms with Gasteiger partial charge >= 0.3 is 11.9 Å². The topological polar surface area (TPSA) is 153 Å². The van der Waals surface area contributed by atoms with Gasteiger partial charge in [0.1, 0.15) is 12.1 Å². The Kier molecular flexibility index (Phi) is 8.04. The summed E-state index contributed by atoms with van der Waals surface area (Å²) in [5.41, 5.74) is 6.47. The normalized spacial score (nSPS) is 24.1. The van der Waals surface area contributed by atoms with E-state index in [0.29, 0.717) is 25.8 Å². The number of piperidine rings is 1. The minimum Gasteiger partial charge on any atom is -0.480 e. The highest BCUT2D eigenvalue weighted by atomic mass is 16.4. The Labute approximate surface area is 192 Å². The molecule has 0 aromatic heterocycles. The van der Waals surface area contributed by atoms with Crippen molar-refractivity contribution in [3.05, 3.63) is 35.9 Å². The van der Waals surface area contributed by atoms with Crippen molar-refractivity contribution in [1.29, 1.82) is 0 Å². The zero-order valence-corrected chi connectivity index (χ0v) is 18.7. The largest absolute Gasteiger partial charge is 0.480 e. The summed E-state index contributed by atoms with van der Waals surface area (Å²) in [6, 6.07) is 6.16. The molecule has 0 unspecified atom stereocenters. The van der Waals surface area contributed by atoms with Crippen LogP contribution in [0.3, 0.4) is 0 Å². The number of carbonyl (C=O) groups excluding carboxylic acids is 2. The van der Waals surface area contributed by atoms with Gasteiger partial charge in [0, 0.05) is 13.1 Å². The quantitative estimate of drug-likeness (QED) is 0.399. The van der Waals surface area contributed by atoms with Crippen LogP contribution < -0.4 is 11.1 Å². The summed E-state index contributed by atoms with van der Waals surface area (Å²) in [6.07, 6.45) is 1.72. The predicted molar refractivity (Wildman–Crippen MR) is 119 cm³/mol. The molecule has 0 bridgehead atoms. The second-order valence-corrected chi connectivity index (χ2v) is 8.80. The van der Waals surface area contributed by atoms with E-state index in [4.69, 9.17) is 5.73 Å². The monoisotopic (exact) mass is 460 g/mol. The first-order valence-electron chi connectivity index (χ1n) is 11.3. The Hall–Kier alpha value is -2.98. The average molecular weight is 461 g/mol. The van der Waals surface area contributed by atoms with Crippen molar-refractivity contribution in [3.8, 4) is 0 Å². The third kappa shape index (κ3) is 5.69. The number of nitrogens with zero attached hydrogens (tertiary/aromatic N) is 2. The number of carboxylic acid groups (broad SMARTS) is 2. The molecular formula is C23H32N4O6. The zero-order valence-electron chi connectivity index (χ0n) is 18.7. The van der Waals surface area contributed by atoms with Crippen LogP contribution in [0, 0.1) is 5.92 Å². The van der Waals surface area contributed by atoms with Gasteiger partial charge in [0.15, 0.2) is 0 Å². The van der Waals surface area contributed by atoms with Crippen molar-refractivity contribution in [2.24, 2.45) is 11.7 Å². The number of benzene rings is 1. The number of nitrogens with one attached hydrogen (secondary N) is 1. The standard InChI is InChI=1S/C23H32N4O6/c1-14(25-17(22(30)31)8-7-15-5-3-2-4-6-15)21(29)27-18(23(32)33)11-16-9-10-26(13-19(16)27)20(28)12-24/h2-6,14,16-19,25H,7-13,24H2,1H3,(H,30,31)(H,32,33)/t14-,16-,17-,18-,19+/m1/s1. The molecule has 10 nitrogen and oxygen atoms in total. The van der Waals surface area contributed by atoms with E-state index in [1.54, 1.807) is 11.8 Å². The summed E-state index contributed by atoms with van der Waals surface area (Å²) in [4.78, 5) is 52.1. The van der Waals surface area contributed by atoms with E-state index in [9.17, 15) is 29.4 Å². The minimum atomic E-state index is -1.10. The van der Waals surface area contributed by atoms with E-state index in [1.807, 2.05) is 30.3 Å². The summed E-state index contributed by atoms with van der Waals surface area (Å²) in [7, 11) is 0. The fourth-order valence-electron chi connectivity index (χ4n) is 4.92. The average Bonchev–Trinajstić information content (AvgIpc) is 3.20. The van der Waals surface area contributed by atoms with Crippen LogP contribution in [0.15, 0.2) is 30.3 Å². The van der Waals surface area contributed by atoms with Crippen LogP contribution in [-0.2, 0) is 25.6 Å². The summed E-state index contributed by atoms with van der Waals surface area (Å²) in [5, 5.41) is 22.3. The number of carboxylic acids is 2. The maximum atomic E-state index is 13.4. The summed E-state index contributed by atoms with van der Waals surface area (Å²) in [5.74, 6) is -2.91. The fraction of sp³-hybridized carbons (Fsp3) is 0.565. The molecular weight excluding hydrogens is 428 g/mol. The van der Waals surface area contributed by atoms with Gasteiger partial charge in [0.25, 0.3) is 0 Å². The molecule has 1 aromatic rings. The summed E-state index contributed by atoms with van der Waals surface area (Å²) >= 11 is 0. The molecule has 0 radical (unpaired) electrons. The second-order valence-electron chi connectivity index (χ2n) is 8.80. The number of rotatable bonds is 9. The van der Waals surface area contributed by atoms with Crippen molar-refractivity contribution in [2.75, 3.05) is 19.6 Å². The third-order valence-corrected chi connectivity index (χ3v) is 6.69. The summed E-state index contributed by atoms with van der Waals surface area (Å²) in [6.45, 7) is 2.13. The first-order valence-corrected chi connectivity index (χ1v) is 11.3. The molecule has 5 N–H and O–H groups in total. The van der Waals surface area contributed by atoms with Crippen LogP contribution in [0.2, 0.25) is 0 Å². The maximum absolute atomic E-state index is 13.4. The number of fused-ring (bicyclic) bond motifs is 1. The van der Waals surface area contributed by atoms with Crippen molar-refractivity contribution in [1.82, 2.24) is 15.1 Å². The summed E-state index contributed by atoms with van der Waals surface area (Å²) < 4.78 is 0. The Bertz CT molecular complexity index is 879. The lowest BCUT2D eigenvalue weighted by Crippen LogP contribution is -2.59. The zero-order chi connectivity index (χ0) is 24.1. The Balaban J connectivity index is 1.71. The Morgan fingerprint density at radius 2 is 1.88 bits per heavy atom. The van der Waals surface area contributed by atoms with Gasteiger partial charge in [-0.2, -0.15) is 0 Å². The molecule has 0 saturated carbocycles. The van der Waals surface area contributed by atoms with Crippen LogP contribution in [0.1, 0.15) is 31.7 Å². The van der Waals surface area contributed by atoms with Crippen molar-refractivity contribution in [3.63, 3.8) is 0 Å². The number of aliphatic carboxylic acids is 2. The van der Waals surface area contributed by atoms with Gasteiger partial charge in [0.05, 0.1) is 18.6 Å². The van der Waals surface area contributed by atoms with Crippen LogP contribution in [0.4, 0.5) is 0 Å². The first kappa shape index (κ1) is 24.7. The number of hydrogen-bond donors (Lipinski definition) is 4. The first-order chi connectivity index (χ1) is 15.7. The fourth-order valence-corrected chi connectivity index (χ4v) is 4.92. The number of amides is 2. The molecule has 0 aliphatic carbocycles. The van der Waals surface area contributed by atoms with Gasteiger partial charge in [-0.1, -0.05) is 30.3 Å². The van der Waals surface area contributed by atoms with Gasteiger partial charge in [-0.3, -0.25) is 19.7 Å². The second kappa shape index (κ2) is 10.8. The van der Waals surface area contributed by atoms with Gasteiger partial charge in [-0.15, -0.1) is 0 Å². The van der Waals surface area contributed by atoms with Crippen molar-refractivity contribution in [2.45, 2.75) is 56.8 Å². The SMILES string of the molecule is C[C@@H](N[C@H](CCc1ccccc1)C(=O)O)C(=O)N1[C@@H](C(=O)O)C[C@H]2CCN(C(=O)CN)C[C@@H]21. The molecule has 5 atom stereocenters. The molecule has 33 heavy (non-hydrogen) atoms. The molecule has 2 aliphatic rings. The molecule has 3 rings (SSSR count). The van der Waals surface area contributed by atoms with Gasteiger partial charge in [-0.05, 0) is 44.1 Å². The Morgan fingerprint density at radius 1 is 1.18 bits per heavy atom. The van der Waals surface area contributed by atoms with Gasteiger partial charge < -0.3 is 25.7 Å². The molecule has 2 amide bonds. The lowest BCUT2D eigenvalue weighted by atomic mass is 9.91. The van der Waals surface area contributed by atoms with Gasteiger partial charge in [-0.25, -0.2) is 4.79 Å². The predicted octanol–water partition coefficient (Wildman–Crippen LogP) is -0.0882. The molecule has 2 fully saturated rings. The highest BCUT2D eigenvalue weighted by molar-refractivity contribution is 5.88.